The van der Waals surface area contributed by atoms with Gasteiger partial charge < -0.3 is 10.2 Å². The van der Waals surface area contributed by atoms with Gasteiger partial charge in [-0.05, 0) is 40.5 Å². The Kier molecular flexibility index (Phi) is 5.07. The lowest BCUT2D eigenvalue weighted by Gasteiger charge is -2.26. The number of Topliss-reactive ketones (excluding diaryl/α,β-unsaturated/α-hetero) is 1. The first kappa shape index (κ1) is 20.4. The highest BCUT2D eigenvalue weighted by molar-refractivity contribution is 6.38. The van der Waals surface area contributed by atoms with Gasteiger partial charge in [-0.15, -0.1) is 0 Å². The molecule has 5 nitrogen and oxygen atoms in total. The molecule has 33 heavy (non-hydrogen) atoms. The van der Waals surface area contributed by atoms with E-state index in [1.807, 2.05) is 60.7 Å². The largest absolute Gasteiger partial charge is 0.355 e. The number of hydrogen-bond acceptors (Lipinski definition) is 4. The summed E-state index contributed by atoms with van der Waals surface area (Å²) in [5, 5.41) is 2.69. The van der Waals surface area contributed by atoms with Crippen LogP contribution >= 0.6 is 0 Å². The van der Waals surface area contributed by atoms with Crippen molar-refractivity contribution in [2.45, 2.75) is 0 Å². The Labute approximate surface area is 191 Å². The summed E-state index contributed by atoms with van der Waals surface area (Å²) >= 11 is 0. The Morgan fingerprint density at radius 2 is 1.42 bits per heavy atom. The van der Waals surface area contributed by atoms with E-state index in [0.717, 1.165) is 16.8 Å². The number of nitrogens with zero attached hydrogens (tertiary/aromatic N) is 1. The van der Waals surface area contributed by atoms with Gasteiger partial charge in [-0.2, -0.15) is 0 Å². The molecule has 3 aliphatic rings. The Morgan fingerprint density at radius 3 is 2.03 bits per heavy atom. The topological polar surface area (TPSA) is 66.5 Å². The highest BCUT2D eigenvalue weighted by Gasteiger charge is 2.39. The summed E-state index contributed by atoms with van der Waals surface area (Å²) in [6.45, 7) is 0. The molecule has 160 valence electrons. The summed E-state index contributed by atoms with van der Waals surface area (Å²) in [4.78, 5) is 40.0. The molecule has 0 bridgehead atoms. The van der Waals surface area contributed by atoms with Crippen LogP contribution in [0.5, 0.6) is 0 Å². The normalized spacial score (nSPS) is 17.3. The van der Waals surface area contributed by atoms with Gasteiger partial charge in [-0.3, -0.25) is 14.4 Å². The molecule has 1 aliphatic carbocycles. The third-order valence-corrected chi connectivity index (χ3v) is 5.77. The summed E-state index contributed by atoms with van der Waals surface area (Å²) in [7, 11) is 1.57. The molecule has 0 saturated heterocycles. The summed E-state index contributed by atoms with van der Waals surface area (Å²) in [5.41, 5.74) is 5.15. The van der Waals surface area contributed by atoms with Crippen molar-refractivity contribution >= 4 is 28.7 Å². The van der Waals surface area contributed by atoms with E-state index in [-0.39, 0.29) is 17.5 Å². The number of hydrogen-bond donors (Lipinski definition) is 1. The molecule has 0 atom stereocenters. The van der Waals surface area contributed by atoms with Crippen LogP contribution in [-0.4, -0.2) is 29.4 Å². The van der Waals surface area contributed by atoms with Gasteiger partial charge in [-0.1, -0.05) is 72.8 Å². The summed E-state index contributed by atoms with van der Waals surface area (Å²) in [6, 6.07) is 19.2. The average Bonchev–Trinajstić information content (AvgIpc) is 3.15. The van der Waals surface area contributed by atoms with Gasteiger partial charge in [0.2, 0.25) is 5.78 Å². The van der Waals surface area contributed by atoms with Gasteiger partial charge in [0.25, 0.3) is 5.91 Å². The van der Waals surface area contributed by atoms with Crippen LogP contribution < -0.4 is 5.32 Å². The maximum Gasteiger partial charge on any atom is 0.253 e. The zero-order chi connectivity index (χ0) is 22.9. The summed E-state index contributed by atoms with van der Waals surface area (Å²) in [6.07, 6.45) is 9.70. The molecule has 2 heterocycles. The number of benzene rings is 2. The van der Waals surface area contributed by atoms with Crippen molar-refractivity contribution < 1.29 is 14.4 Å². The van der Waals surface area contributed by atoms with Gasteiger partial charge in [0, 0.05) is 13.2 Å². The molecule has 2 aromatic carbocycles. The van der Waals surface area contributed by atoms with Crippen molar-refractivity contribution in [3.05, 3.63) is 131 Å². The van der Waals surface area contributed by atoms with Crippen LogP contribution in [0.25, 0.3) is 11.3 Å². The predicted octanol–water partition coefficient (Wildman–Crippen LogP) is 3.96. The molecule has 0 saturated carbocycles. The molecule has 1 N–H and O–H groups in total. The number of allylic oxidation sites excluding steroid dienone is 7. The minimum atomic E-state index is -0.278. The second-order valence-electron chi connectivity index (χ2n) is 7.74. The lowest BCUT2D eigenvalue weighted by Crippen LogP contribution is -2.27. The quantitative estimate of drug-likeness (QED) is 0.798. The van der Waals surface area contributed by atoms with Gasteiger partial charge >= 0.3 is 0 Å². The zero-order valence-corrected chi connectivity index (χ0v) is 17.9. The second kappa shape index (κ2) is 8.20. The molecule has 5 rings (SSSR count). The van der Waals surface area contributed by atoms with Crippen LogP contribution in [0.15, 0.2) is 120 Å². The number of ketones is 2. The molecule has 5 heteroatoms. The number of fused-ring (bicyclic) bond motifs is 1. The summed E-state index contributed by atoms with van der Waals surface area (Å²) < 4.78 is 0. The first-order valence-corrected chi connectivity index (χ1v) is 10.6. The lowest BCUT2D eigenvalue weighted by molar-refractivity contribution is -0.117. The first-order valence-electron chi connectivity index (χ1n) is 10.6. The molecular weight excluding hydrogens is 412 g/mol. The van der Waals surface area contributed by atoms with E-state index in [1.165, 1.54) is 12.2 Å². The van der Waals surface area contributed by atoms with E-state index in [0.29, 0.717) is 28.0 Å². The molecule has 0 radical (unpaired) electrons. The highest BCUT2D eigenvalue weighted by atomic mass is 16.2. The molecule has 1 amide bonds. The fourth-order valence-electron chi connectivity index (χ4n) is 4.21. The number of carbonyl (C=O) groups is 3. The van der Waals surface area contributed by atoms with Crippen LogP contribution in [0.2, 0.25) is 0 Å². The second-order valence-corrected chi connectivity index (χ2v) is 7.74. The third kappa shape index (κ3) is 3.49. The monoisotopic (exact) mass is 432 g/mol. The average molecular weight is 432 g/mol. The Bertz CT molecular complexity index is 1350. The van der Waals surface area contributed by atoms with Crippen molar-refractivity contribution in [1.82, 2.24) is 10.2 Å². The molecule has 0 aromatic heterocycles. The van der Waals surface area contributed by atoms with E-state index < -0.39 is 0 Å². The standard InChI is InChI=1S/C28H20N2O3/c1-29-28(33)23-17-30-24(16-22(23)18-12-14-21(31)15-13-18)27(32)25(19-8-4-2-5-9-19)26(30)20-10-6-3-7-11-20/h2-17H,1H3,(H,29,33). The van der Waals surface area contributed by atoms with Gasteiger partial charge in [-0.25, -0.2) is 0 Å². The highest BCUT2D eigenvalue weighted by Crippen LogP contribution is 2.44. The van der Waals surface area contributed by atoms with Crippen LogP contribution in [-0.2, 0) is 14.4 Å². The minimum absolute atomic E-state index is 0.119. The first-order chi connectivity index (χ1) is 16.1. The van der Waals surface area contributed by atoms with Crippen molar-refractivity contribution in [3.63, 3.8) is 0 Å². The van der Waals surface area contributed by atoms with Crippen LogP contribution in [0.3, 0.4) is 0 Å². The van der Waals surface area contributed by atoms with Crippen LogP contribution in [0.4, 0.5) is 0 Å². The van der Waals surface area contributed by atoms with Crippen molar-refractivity contribution in [2.75, 3.05) is 7.05 Å². The molecule has 2 aromatic rings. The van der Waals surface area contributed by atoms with Gasteiger partial charge in [0.15, 0.2) is 5.78 Å². The zero-order valence-electron chi connectivity index (χ0n) is 17.9. The molecular formula is C28H20N2O3. The number of likely N-dealkylation sites (N-methyl/N-ethyl adjacent to an activating group) is 1. The third-order valence-electron chi connectivity index (χ3n) is 5.77. The fourth-order valence-corrected chi connectivity index (χ4v) is 4.21. The SMILES string of the molecule is CNC(=O)C1=CN2C(=CC1=C1C=CC(=O)C=C1)C(=O)C(c1ccccc1)=C2c1ccccc1. The number of nitrogens with one attached hydrogen (secondary N) is 1. The van der Waals surface area contributed by atoms with Crippen LogP contribution in [0.1, 0.15) is 11.1 Å². The number of carbonyl (C=O) groups excluding carboxylic acids is 3. The summed E-state index contributed by atoms with van der Waals surface area (Å²) in [5.74, 6) is -0.518. The van der Waals surface area contributed by atoms with Gasteiger partial charge in [0.1, 0.15) is 0 Å². The number of rotatable bonds is 3. The van der Waals surface area contributed by atoms with E-state index >= 15 is 0 Å². The molecule has 2 aliphatic heterocycles. The molecule has 0 fully saturated rings. The van der Waals surface area contributed by atoms with E-state index in [1.54, 1.807) is 36.4 Å². The molecule has 0 unspecified atom stereocenters. The predicted molar refractivity (Wildman–Crippen MR) is 127 cm³/mol. The van der Waals surface area contributed by atoms with E-state index in [4.69, 9.17) is 0 Å². The van der Waals surface area contributed by atoms with Crippen molar-refractivity contribution in [2.24, 2.45) is 0 Å². The van der Waals surface area contributed by atoms with Crippen molar-refractivity contribution in [3.8, 4) is 0 Å². The van der Waals surface area contributed by atoms with E-state index in [9.17, 15) is 14.4 Å². The number of amides is 1. The molecule has 0 spiro atoms. The smallest absolute Gasteiger partial charge is 0.253 e. The Balaban J connectivity index is 1.76. The maximum atomic E-state index is 13.7. The lowest BCUT2D eigenvalue weighted by atomic mass is 9.92. The van der Waals surface area contributed by atoms with Crippen molar-refractivity contribution in [1.29, 1.82) is 0 Å². The Morgan fingerprint density at radius 1 is 0.818 bits per heavy atom. The van der Waals surface area contributed by atoms with E-state index in [2.05, 4.69) is 5.32 Å². The van der Waals surface area contributed by atoms with Gasteiger partial charge in [0.05, 0.1) is 22.5 Å². The minimum Gasteiger partial charge on any atom is -0.355 e. The fraction of sp³-hybridized carbons (Fsp3) is 0.0357. The maximum absolute atomic E-state index is 13.7. The van der Waals surface area contributed by atoms with Crippen LogP contribution in [0, 0.1) is 0 Å². The Hall–Kier alpha value is -4.51.